The lowest BCUT2D eigenvalue weighted by molar-refractivity contribution is 0.173. The van der Waals surface area contributed by atoms with Gasteiger partial charge >= 0.3 is 0 Å². The zero-order chi connectivity index (χ0) is 9.80. The molecule has 2 rings (SSSR count). The van der Waals surface area contributed by atoms with Crippen LogP contribution in [-0.2, 0) is 0 Å². The van der Waals surface area contributed by atoms with Crippen molar-refractivity contribution in [3.8, 4) is 11.8 Å². The minimum absolute atomic E-state index is 0.604. The molecule has 2 saturated heterocycles. The van der Waals surface area contributed by atoms with Gasteiger partial charge in [-0.05, 0) is 38.6 Å². The highest BCUT2D eigenvalue weighted by Crippen LogP contribution is 2.30. The van der Waals surface area contributed by atoms with Crippen molar-refractivity contribution in [2.24, 2.45) is 0 Å². The van der Waals surface area contributed by atoms with Crippen LogP contribution in [0.5, 0.6) is 0 Å². The zero-order valence-corrected chi connectivity index (χ0v) is 9.26. The number of nitrogens with zero attached hydrogens (tertiary/aromatic N) is 1. The monoisotopic (exact) mass is 191 g/mol. The quantitative estimate of drug-likeness (QED) is 0.576. The highest BCUT2D eigenvalue weighted by molar-refractivity contribution is 5.12. The highest BCUT2D eigenvalue weighted by Gasteiger charge is 2.33. The first-order valence-electron chi connectivity index (χ1n) is 6.16. The second-order valence-corrected chi connectivity index (χ2v) is 4.55. The molecule has 2 aliphatic rings. The number of hydrogen-bond donors (Lipinski definition) is 0. The minimum atomic E-state index is 0.604. The molecule has 14 heavy (non-hydrogen) atoms. The van der Waals surface area contributed by atoms with E-state index in [4.69, 9.17) is 0 Å². The molecule has 0 spiro atoms. The second-order valence-electron chi connectivity index (χ2n) is 4.55. The topological polar surface area (TPSA) is 3.24 Å². The molecule has 0 aliphatic carbocycles. The lowest BCUT2D eigenvalue weighted by atomic mass is 10.0. The molecule has 0 N–H and O–H groups in total. The van der Waals surface area contributed by atoms with Gasteiger partial charge in [-0.3, -0.25) is 4.90 Å². The van der Waals surface area contributed by atoms with Crippen LogP contribution in [0.1, 0.15) is 51.9 Å². The van der Waals surface area contributed by atoms with Crippen LogP contribution in [0.15, 0.2) is 0 Å². The number of hydrogen-bond acceptors (Lipinski definition) is 1. The molecule has 0 bridgehead atoms. The van der Waals surface area contributed by atoms with E-state index in [-0.39, 0.29) is 0 Å². The van der Waals surface area contributed by atoms with Gasteiger partial charge in [-0.25, -0.2) is 0 Å². The summed E-state index contributed by atoms with van der Waals surface area (Å²) in [6.07, 6.45) is 9.25. The Bertz CT molecular complexity index is 235. The van der Waals surface area contributed by atoms with Crippen LogP contribution in [0.4, 0.5) is 0 Å². The molecular weight excluding hydrogens is 170 g/mol. The largest absolute Gasteiger partial charge is 0.287 e. The molecule has 1 nitrogen and oxygen atoms in total. The third-order valence-electron chi connectivity index (χ3n) is 3.49. The van der Waals surface area contributed by atoms with Gasteiger partial charge in [0.15, 0.2) is 0 Å². The lowest BCUT2D eigenvalue weighted by Gasteiger charge is -2.31. The molecule has 0 amide bonds. The minimum Gasteiger partial charge on any atom is -0.287 e. The Morgan fingerprint density at radius 1 is 1.21 bits per heavy atom. The summed E-state index contributed by atoms with van der Waals surface area (Å²) in [5.41, 5.74) is 0. The van der Waals surface area contributed by atoms with Crippen LogP contribution in [0.25, 0.3) is 0 Å². The lowest BCUT2D eigenvalue weighted by Crippen LogP contribution is -2.39. The highest BCUT2D eigenvalue weighted by atomic mass is 15.2. The number of piperidine rings is 1. The van der Waals surface area contributed by atoms with E-state index < -0.39 is 0 Å². The Balaban J connectivity index is 1.91. The molecule has 2 atom stereocenters. The average molecular weight is 191 g/mol. The third kappa shape index (κ3) is 2.12. The Morgan fingerprint density at radius 2 is 2.14 bits per heavy atom. The zero-order valence-electron chi connectivity index (χ0n) is 9.26. The van der Waals surface area contributed by atoms with Gasteiger partial charge < -0.3 is 0 Å². The van der Waals surface area contributed by atoms with Crippen LogP contribution in [0.2, 0.25) is 0 Å². The molecule has 0 aromatic rings. The molecule has 2 heterocycles. The SMILES string of the molecule is CCCC#C[C@H]1CC[C@H]2CCCCN21. The number of fused-ring (bicyclic) bond motifs is 1. The van der Waals surface area contributed by atoms with Gasteiger partial charge in [0, 0.05) is 12.5 Å². The number of rotatable bonds is 1. The van der Waals surface area contributed by atoms with Crippen molar-refractivity contribution in [2.75, 3.05) is 6.54 Å². The summed E-state index contributed by atoms with van der Waals surface area (Å²) in [6, 6.07) is 1.48. The van der Waals surface area contributed by atoms with Crippen LogP contribution in [0.3, 0.4) is 0 Å². The standard InChI is InChI=1S/C13H21N/c1-2-3-4-7-12-9-10-13-8-5-6-11-14(12)13/h12-13H,2-3,5-6,8-11H2,1H3/t12-,13+/m0/s1. The summed E-state index contributed by atoms with van der Waals surface area (Å²) >= 11 is 0. The van der Waals surface area contributed by atoms with Crippen LogP contribution in [0, 0.1) is 11.8 Å². The van der Waals surface area contributed by atoms with Crippen molar-refractivity contribution >= 4 is 0 Å². The molecular formula is C13H21N. The van der Waals surface area contributed by atoms with Crippen molar-refractivity contribution in [1.82, 2.24) is 4.90 Å². The Morgan fingerprint density at radius 3 is 3.00 bits per heavy atom. The normalized spacial score (nSPS) is 32.1. The van der Waals surface area contributed by atoms with Crippen LogP contribution >= 0.6 is 0 Å². The summed E-state index contributed by atoms with van der Waals surface area (Å²) < 4.78 is 0. The first kappa shape index (κ1) is 10.1. The molecule has 0 saturated carbocycles. The average Bonchev–Trinajstić information content (AvgIpc) is 2.63. The van der Waals surface area contributed by atoms with Gasteiger partial charge in [-0.1, -0.05) is 19.3 Å². The predicted octanol–water partition coefficient (Wildman–Crippen LogP) is 2.81. The maximum atomic E-state index is 3.46. The van der Waals surface area contributed by atoms with E-state index in [9.17, 15) is 0 Å². The Kier molecular flexibility index (Phi) is 3.48. The fraction of sp³-hybridized carbons (Fsp3) is 0.846. The Labute approximate surface area is 87.9 Å². The first-order valence-corrected chi connectivity index (χ1v) is 6.16. The van der Waals surface area contributed by atoms with E-state index in [1.165, 1.54) is 45.1 Å². The van der Waals surface area contributed by atoms with E-state index in [1.807, 2.05) is 0 Å². The summed E-state index contributed by atoms with van der Waals surface area (Å²) in [7, 11) is 0. The molecule has 0 radical (unpaired) electrons. The van der Waals surface area contributed by atoms with Gasteiger partial charge in [-0.2, -0.15) is 0 Å². The van der Waals surface area contributed by atoms with Gasteiger partial charge in [0.2, 0.25) is 0 Å². The van der Waals surface area contributed by atoms with Crippen molar-refractivity contribution in [3.63, 3.8) is 0 Å². The summed E-state index contributed by atoms with van der Waals surface area (Å²) in [4.78, 5) is 2.66. The van der Waals surface area contributed by atoms with Gasteiger partial charge in [0.05, 0.1) is 6.04 Å². The molecule has 2 fully saturated rings. The smallest absolute Gasteiger partial charge is 0.0717 e. The summed E-state index contributed by atoms with van der Waals surface area (Å²) in [5.74, 6) is 6.78. The molecule has 2 aliphatic heterocycles. The maximum absolute atomic E-state index is 3.46. The van der Waals surface area contributed by atoms with Crippen molar-refractivity contribution in [1.29, 1.82) is 0 Å². The van der Waals surface area contributed by atoms with Crippen LogP contribution < -0.4 is 0 Å². The molecule has 78 valence electrons. The third-order valence-corrected chi connectivity index (χ3v) is 3.49. The number of unbranched alkanes of at least 4 members (excludes halogenated alkanes) is 1. The maximum Gasteiger partial charge on any atom is 0.0717 e. The van der Waals surface area contributed by atoms with E-state index in [0.29, 0.717) is 6.04 Å². The fourth-order valence-corrected chi connectivity index (χ4v) is 2.73. The van der Waals surface area contributed by atoms with E-state index in [1.54, 1.807) is 0 Å². The molecule has 0 aromatic heterocycles. The van der Waals surface area contributed by atoms with Gasteiger partial charge in [0.25, 0.3) is 0 Å². The molecule has 1 heteroatoms. The van der Waals surface area contributed by atoms with E-state index in [0.717, 1.165) is 12.5 Å². The fourth-order valence-electron chi connectivity index (χ4n) is 2.73. The predicted molar refractivity (Wildman–Crippen MR) is 60.1 cm³/mol. The first-order chi connectivity index (χ1) is 6.92. The van der Waals surface area contributed by atoms with Crippen molar-refractivity contribution in [2.45, 2.75) is 64.0 Å². The van der Waals surface area contributed by atoms with E-state index in [2.05, 4.69) is 23.7 Å². The molecule has 0 unspecified atom stereocenters. The summed E-state index contributed by atoms with van der Waals surface area (Å²) in [6.45, 7) is 3.50. The van der Waals surface area contributed by atoms with Crippen molar-refractivity contribution in [3.05, 3.63) is 0 Å². The van der Waals surface area contributed by atoms with Gasteiger partial charge in [0.1, 0.15) is 0 Å². The van der Waals surface area contributed by atoms with E-state index >= 15 is 0 Å². The van der Waals surface area contributed by atoms with Crippen LogP contribution in [-0.4, -0.2) is 23.5 Å². The molecule has 0 aromatic carbocycles. The Hall–Kier alpha value is -0.480. The van der Waals surface area contributed by atoms with Gasteiger partial charge in [-0.15, -0.1) is 5.92 Å². The van der Waals surface area contributed by atoms with Crippen molar-refractivity contribution < 1.29 is 0 Å². The second kappa shape index (κ2) is 4.84. The summed E-state index contributed by atoms with van der Waals surface area (Å²) in [5, 5.41) is 0.